The van der Waals surface area contributed by atoms with Gasteiger partial charge in [0.25, 0.3) is 0 Å². The Morgan fingerprint density at radius 2 is 0.977 bits per heavy atom. The van der Waals surface area contributed by atoms with Crippen LogP contribution < -0.4 is 5.73 Å². The highest BCUT2D eigenvalue weighted by Gasteiger charge is 2.14. The summed E-state index contributed by atoms with van der Waals surface area (Å²) in [6.07, 6.45) is 7.30. The molecule has 0 aliphatic heterocycles. The monoisotopic (exact) mass is 580 g/mol. The van der Waals surface area contributed by atoms with Crippen LogP contribution in [-0.4, -0.2) is 48.8 Å². The topological polar surface area (TPSA) is 182 Å². The first-order valence-corrected chi connectivity index (χ1v) is 13.6. The molecule has 0 spiro atoms. The van der Waals surface area contributed by atoms with E-state index in [9.17, 15) is 19.2 Å². The van der Waals surface area contributed by atoms with Crippen molar-refractivity contribution in [1.82, 2.24) is 15.0 Å². The molecular formula is C33H32N4O6. The maximum atomic E-state index is 11.0. The number of nitrogens with one attached hydrogen (secondary N) is 3. The summed E-state index contributed by atoms with van der Waals surface area (Å²) in [6, 6.07) is 23.4. The first kappa shape index (κ1) is 30.3. The molecule has 6 rings (SSSR count). The number of carboxylic acids is 2. The van der Waals surface area contributed by atoms with Crippen molar-refractivity contribution in [2.75, 3.05) is 0 Å². The van der Waals surface area contributed by atoms with Crippen molar-refractivity contribution in [3.63, 3.8) is 0 Å². The lowest BCUT2D eigenvalue weighted by Crippen LogP contribution is -2.14. The van der Waals surface area contributed by atoms with Crippen LogP contribution in [0.4, 0.5) is 0 Å². The fraction of sp³-hybridized carbons (Fsp3) is 0.152. The van der Waals surface area contributed by atoms with Gasteiger partial charge in [0.1, 0.15) is 0 Å². The summed E-state index contributed by atoms with van der Waals surface area (Å²) < 4.78 is 0. The summed E-state index contributed by atoms with van der Waals surface area (Å²) in [5, 5.41) is 20.3. The van der Waals surface area contributed by atoms with Crippen molar-refractivity contribution in [3.05, 3.63) is 108 Å². The number of nitrogens with two attached hydrogens (primary N) is 1. The summed E-state index contributed by atoms with van der Waals surface area (Å²) in [7, 11) is 0. The van der Waals surface area contributed by atoms with Crippen LogP contribution in [0.15, 0.2) is 91.4 Å². The number of aliphatic carboxylic acids is 2. The number of aromatic nitrogens is 3. The van der Waals surface area contributed by atoms with Crippen LogP contribution in [0.25, 0.3) is 32.7 Å². The number of aromatic amines is 3. The Bertz CT molecular complexity index is 1790. The molecule has 0 unspecified atom stereocenters. The quantitative estimate of drug-likeness (QED) is 0.129. The summed E-state index contributed by atoms with van der Waals surface area (Å²) >= 11 is 0. The van der Waals surface area contributed by atoms with Gasteiger partial charge in [-0.3, -0.25) is 14.4 Å². The van der Waals surface area contributed by atoms with Gasteiger partial charge in [-0.1, -0.05) is 54.6 Å². The lowest BCUT2D eigenvalue weighted by molar-refractivity contribution is -0.148. The number of carbonyl (C=O) groups excluding carboxylic acids is 2. The zero-order valence-corrected chi connectivity index (χ0v) is 23.3. The van der Waals surface area contributed by atoms with Gasteiger partial charge in [-0.25, -0.2) is 4.79 Å². The van der Waals surface area contributed by atoms with Crippen LogP contribution in [0.5, 0.6) is 0 Å². The Labute approximate surface area is 246 Å². The van der Waals surface area contributed by atoms with Gasteiger partial charge in [0.15, 0.2) is 0 Å². The number of rotatable bonds is 9. The van der Waals surface area contributed by atoms with E-state index < -0.39 is 17.7 Å². The summed E-state index contributed by atoms with van der Waals surface area (Å²) in [6.45, 7) is 0. The lowest BCUT2D eigenvalue weighted by atomic mass is 10.1. The zero-order chi connectivity index (χ0) is 30.8. The van der Waals surface area contributed by atoms with E-state index in [4.69, 9.17) is 15.9 Å². The molecule has 0 fully saturated rings. The number of Topliss-reactive ketones (excluding diaryl/α,β-unsaturated/α-hetero) is 1. The standard InChI is InChI=1S/C11H12N2O.C11H9NO3.C11H11NO2/c12-11(14)6-5-8-7-13-10-4-2-1-3-9(8)10;13-10(11(14)15)5-7-6-12-9-4-2-1-3-8(7)9;13-11(14)6-5-8-7-12-10-4-2-1-3-9(8)10/h1-4,7,13H,5-6H2,(H2,12,14);1-4,6,12H,5H2,(H,14,15);1-4,7,12H,5-6H2,(H,13,14). The van der Waals surface area contributed by atoms with Gasteiger partial charge in [-0.05, 0) is 47.7 Å². The summed E-state index contributed by atoms with van der Waals surface area (Å²) in [5.74, 6) is -3.19. The number of carboxylic acid groups (broad SMARTS) is 2. The molecule has 0 aliphatic carbocycles. The molecule has 0 saturated carbocycles. The molecule has 0 saturated heterocycles. The van der Waals surface area contributed by atoms with E-state index >= 15 is 0 Å². The number of benzene rings is 3. The highest BCUT2D eigenvalue weighted by molar-refractivity contribution is 6.33. The second-order valence-corrected chi connectivity index (χ2v) is 9.84. The molecule has 6 aromatic rings. The van der Waals surface area contributed by atoms with Gasteiger partial charge in [0.2, 0.25) is 11.7 Å². The van der Waals surface area contributed by atoms with Crippen LogP contribution in [0.1, 0.15) is 29.5 Å². The number of carbonyl (C=O) groups is 4. The number of fused-ring (bicyclic) bond motifs is 3. The van der Waals surface area contributed by atoms with E-state index in [0.717, 1.165) is 44.0 Å². The Morgan fingerprint density at radius 3 is 1.40 bits per heavy atom. The molecule has 0 atom stereocenters. The third-order valence-electron chi connectivity index (χ3n) is 6.86. The van der Waals surface area contributed by atoms with Crippen molar-refractivity contribution >= 4 is 56.3 Å². The molecular weight excluding hydrogens is 548 g/mol. The molecule has 1 amide bonds. The molecule has 0 aliphatic rings. The van der Waals surface area contributed by atoms with E-state index in [1.165, 1.54) is 5.39 Å². The molecule has 0 radical (unpaired) electrons. The Morgan fingerprint density at radius 1 is 0.581 bits per heavy atom. The van der Waals surface area contributed by atoms with Crippen molar-refractivity contribution in [2.24, 2.45) is 5.73 Å². The van der Waals surface area contributed by atoms with E-state index in [0.29, 0.717) is 19.3 Å². The van der Waals surface area contributed by atoms with Crippen molar-refractivity contribution in [2.45, 2.75) is 32.1 Å². The first-order chi connectivity index (χ1) is 20.7. The van der Waals surface area contributed by atoms with E-state index in [2.05, 4.69) is 15.0 Å². The summed E-state index contributed by atoms with van der Waals surface area (Å²) in [4.78, 5) is 51.8. The maximum absolute atomic E-state index is 11.0. The number of primary amides is 1. The summed E-state index contributed by atoms with van der Waals surface area (Å²) in [5.41, 5.74) is 11.1. The van der Waals surface area contributed by atoms with Crippen molar-refractivity contribution in [1.29, 1.82) is 0 Å². The molecule has 3 aromatic heterocycles. The molecule has 220 valence electrons. The molecule has 0 bridgehead atoms. The van der Waals surface area contributed by atoms with Crippen LogP contribution in [0, 0.1) is 0 Å². The predicted molar refractivity (Wildman–Crippen MR) is 165 cm³/mol. The number of amides is 1. The van der Waals surface area contributed by atoms with Crippen molar-refractivity contribution < 1.29 is 29.4 Å². The van der Waals surface area contributed by atoms with Gasteiger partial charge in [0, 0.05) is 70.6 Å². The second kappa shape index (κ2) is 14.3. The van der Waals surface area contributed by atoms with Gasteiger partial charge in [-0.15, -0.1) is 0 Å². The number of para-hydroxylation sites is 3. The van der Waals surface area contributed by atoms with Crippen molar-refractivity contribution in [3.8, 4) is 0 Å². The fourth-order valence-electron chi connectivity index (χ4n) is 4.70. The molecule has 10 nitrogen and oxygen atoms in total. The average molecular weight is 581 g/mol. The average Bonchev–Trinajstić information content (AvgIpc) is 3.73. The number of ketones is 1. The maximum Gasteiger partial charge on any atom is 0.372 e. The van der Waals surface area contributed by atoms with E-state index in [1.54, 1.807) is 6.20 Å². The van der Waals surface area contributed by atoms with Crippen LogP contribution >= 0.6 is 0 Å². The van der Waals surface area contributed by atoms with Gasteiger partial charge >= 0.3 is 11.9 Å². The highest BCUT2D eigenvalue weighted by atomic mass is 16.4. The number of H-pyrrole nitrogens is 3. The van der Waals surface area contributed by atoms with Gasteiger partial charge in [0.05, 0.1) is 0 Å². The number of aryl methyl sites for hydroxylation is 2. The number of hydrogen-bond donors (Lipinski definition) is 6. The minimum absolute atomic E-state index is 0.0701. The molecule has 7 N–H and O–H groups in total. The first-order valence-electron chi connectivity index (χ1n) is 13.6. The van der Waals surface area contributed by atoms with E-state index in [1.807, 2.05) is 85.2 Å². The Kier molecular flexibility index (Phi) is 10.1. The Balaban J connectivity index is 0.000000148. The number of hydrogen-bond acceptors (Lipinski definition) is 4. The SMILES string of the molecule is NC(=O)CCc1c[nH]c2ccccc12.O=C(O)C(=O)Cc1c[nH]c2ccccc12.O=C(O)CCc1c[nH]c2ccccc12. The molecule has 3 aromatic carbocycles. The third-order valence-corrected chi connectivity index (χ3v) is 6.86. The largest absolute Gasteiger partial charge is 0.481 e. The zero-order valence-electron chi connectivity index (χ0n) is 23.3. The second-order valence-electron chi connectivity index (χ2n) is 9.84. The molecule has 43 heavy (non-hydrogen) atoms. The Hall–Kier alpha value is -5.64. The lowest BCUT2D eigenvalue weighted by Gasteiger charge is -1.95. The fourth-order valence-corrected chi connectivity index (χ4v) is 4.70. The van der Waals surface area contributed by atoms with Gasteiger partial charge < -0.3 is 30.9 Å². The highest BCUT2D eigenvalue weighted by Crippen LogP contribution is 2.20. The van der Waals surface area contributed by atoms with Crippen LogP contribution in [-0.2, 0) is 38.4 Å². The normalized spacial score (nSPS) is 10.5. The smallest absolute Gasteiger partial charge is 0.372 e. The van der Waals surface area contributed by atoms with E-state index in [-0.39, 0.29) is 18.7 Å². The minimum Gasteiger partial charge on any atom is -0.481 e. The third kappa shape index (κ3) is 8.20. The van der Waals surface area contributed by atoms with Gasteiger partial charge in [-0.2, -0.15) is 0 Å². The van der Waals surface area contributed by atoms with Crippen LogP contribution in [0.3, 0.4) is 0 Å². The minimum atomic E-state index is -1.39. The molecule has 10 heteroatoms. The van der Waals surface area contributed by atoms with Crippen LogP contribution in [0.2, 0.25) is 0 Å². The molecule has 3 heterocycles. The predicted octanol–water partition coefficient (Wildman–Crippen LogP) is 5.14.